The zero-order valence-corrected chi connectivity index (χ0v) is 18.8. The van der Waals surface area contributed by atoms with E-state index in [1.54, 1.807) is 25.7 Å². The molecule has 1 spiro atoms. The molecule has 7 heteroatoms. The lowest BCUT2D eigenvalue weighted by Gasteiger charge is -2.42. The lowest BCUT2D eigenvalue weighted by atomic mass is 9.83. The number of aromatic nitrogens is 2. The van der Waals surface area contributed by atoms with Crippen LogP contribution in [0.3, 0.4) is 0 Å². The summed E-state index contributed by atoms with van der Waals surface area (Å²) in [6, 6.07) is 16.0. The number of rotatable bonds is 6. The number of morpholine rings is 1. The smallest absolute Gasteiger partial charge is 0.257 e. The Morgan fingerprint density at radius 2 is 1.82 bits per heavy atom. The third-order valence-corrected chi connectivity index (χ3v) is 6.61. The van der Waals surface area contributed by atoms with E-state index in [4.69, 9.17) is 9.47 Å². The number of methoxy groups -OCH3 is 1. The first-order valence-corrected chi connectivity index (χ1v) is 11.3. The van der Waals surface area contributed by atoms with Crippen molar-refractivity contribution in [2.75, 3.05) is 33.4 Å². The molecule has 0 unspecified atom stereocenters. The van der Waals surface area contributed by atoms with Crippen LogP contribution in [-0.2, 0) is 22.6 Å². The Labute approximate surface area is 194 Å². The highest BCUT2D eigenvalue weighted by atomic mass is 16.5. The fourth-order valence-electron chi connectivity index (χ4n) is 4.97. The predicted octanol–water partition coefficient (Wildman–Crippen LogP) is 2.88. The maximum Gasteiger partial charge on any atom is 0.257 e. The number of benzene rings is 1. The van der Waals surface area contributed by atoms with Gasteiger partial charge in [0.05, 0.1) is 13.7 Å². The molecule has 4 heterocycles. The van der Waals surface area contributed by atoms with E-state index in [0.717, 1.165) is 30.0 Å². The molecule has 0 N–H and O–H groups in total. The van der Waals surface area contributed by atoms with Gasteiger partial charge >= 0.3 is 0 Å². The first kappa shape index (κ1) is 21.6. The molecule has 2 aliphatic heterocycles. The number of pyridine rings is 2. The van der Waals surface area contributed by atoms with Crippen LogP contribution in [0.4, 0.5) is 0 Å². The summed E-state index contributed by atoms with van der Waals surface area (Å²) < 4.78 is 11.7. The highest BCUT2D eigenvalue weighted by molar-refractivity contribution is 5.88. The molecule has 0 aliphatic carbocycles. The molecule has 33 heavy (non-hydrogen) atoms. The van der Waals surface area contributed by atoms with Crippen molar-refractivity contribution in [3.63, 3.8) is 0 Å². The molecule has 2 atom stereocenters. The van der Waals surface area contributed by atoms with Gasteiger partial charge in [-0.2, -0.15) is 0 Å². The number of likely N-dealkylation sites (tertiary alicyclic amines) is 1. The monoisotopic (exact) mass is 444 g/mol. The van der Waals surface area contributed by atoms with Crippen LogP contribution in [0.2, 0.25) is 0 Å². The van der Waals surface area contributed by atoms with E-state index < -0.39 is 5.60 Å². The number of nitrogens with zero attached hydrogens (tertiary/aromatic N) is 4. The summed E-state index contributed by atoms with van der Waals surface area (Å²) in [5, 5.41) is 0. The minimum atomic E-state index is -0.916. The minimum Gasteiger partial charge on any atom is -0.497 e. The standard InChI is InChI=1S/C26H28N4O3/c1-32-23-6-4-20(5-7-23)16-29-18-24(22-3-2-10-28-15-22)26(19-29)25(31)30(13-14-33-26)17-21-8-11-27-12-9-21/h2-12,15,24H,13-14,16-19H2,1H3/t24-,26+/m1/s1. The number of carbonyl (C=O) groups is 1. The van der Waals surface area contributed by atoms with Crippen LogP contribution in [0.25, 0.3) is 0 Å². The van der Waals surface area contributed by atoms with Gasteiger partial charge in [0, 0.05) is 63.4 Å². The van der Waals surface area contributed by atoms with Crippen molar-refractivity contribution in [3.8, 4) is 5.75 Å². The van der Waals surface area contributed by atoms with Gasteiger partial charge in [0.15, 0.2) is 5.60 Å². The van der Waals surface area contributed by atoms with Gasteiger partial charge in [-0.3, -0.25) is 19.7 Å². The van der Waals surface area contributed by atoms with Gasteiger partial charge in [-0.15, -0.1) is 0 Å². The highest BCUT2D eigenvalue weighted by Gasteiger charge is 2.56. The number of hydrogen-bond acceptors (Lipinski definition) is 6. The molecule has 0 radical (unpaired) electrons. The Morgan fingerprint density at radius 3 is 2.55 bits per heavy atom. The van der Waals surface area contributed by atoms with Crippen molar-refractivity contribution >= 4 is 5.91 Å². The fourth-order valence-corrected chi connectivity index (χ4v) is 4.97. The molecule has 1 aromatic carbocycles. The maximum absolute atomic E-state index is 13.9. The lowest BCUT2D eigenvalue weighted by Crippen LogP contribution is -2.59. The van der Waals surface area contributed by atoms with E-state index in [1.807, 2.05) is 41.4 Å². The van der Waals surface area contributed by atoms with Crippen LogP contribution < -0.4 is 4.74 Å². The third-order valence-electron chi connectivity index (χ3n) is 6.61. The Hall–Kier alpha value is -3.29. The van der Waals surface area contributed by atoms with Gasteiger partial charge in [-0.05, 0) is 47.0 Å². The first-order valence-electron chi connectivity index (χ1n) is 11.3. The minimum absolute atomic E-state index is 0.0525. The normalized spacial score (nSPS) is 23.2. The summed E-state index contributed by atoms with van der Waals surface area (Å²) >= 11 is 0. The zero-order valence-electron chi connectivity index (χ0n) is 18.8. The summed E-state index contributed by atoms with van der Waals surface area (Å²) in [5.74, 6) is 0.802. The quantitative estimate of drug-likeness (QED) is 0.583. The second kappa shape index (κ2) is 9.29. The van der Waals surface area contributed by atoms with E-state index in [-0.39, 0.29) is 11.8 Å². The number of hydrogen-bond donors (Lipinski definition) is 0. The molecule has 1 amide bonds. The van der Waals surface area contributed by atoms with Crippen molar-refractivity contribution in [2.24, 2.45) is 0 Å². The Bertz CT molecular complexity index is 1080. The second-order valence-corrected chi connectivity index (χ2v) is 8.68. The summed E-state index contributed by atoms with van der Waals surface area (Å²) in [5.41, 5.74) is 2.37. The SMILES string of the molecule is COc1ccc(CN2C[C@H](c3cccnc3)[C@]3(C2)OCCN(Cc2ccncc2)C3=O)cc1. The Kier molecular flexibility index (Phi) is 6.07. The molecule has 2 fully saturated rings. The Balaban J connectivity index is 1.42. The molecule has 5 rings (SSSR count). The molecule has 0 saturated carbocycles. The van der Waals surface area contributed by atoms with Crippen LogP contribution in [0, 0.1) is 0 Å². The van der Waals surface area contributed by atoms with Crippen molar-refractivity contribution in [1.82, 2.24) is 19.8 Å². The molecule has 0 bridgehead atoms. The van der Waals surface area contributed by atoms with Gasteiger partial charge < -0.3 is 14.4 Å². The van der Waals surface area contributed by atoms with Crippen LogP contribution in [-0.4, -0.2) is 64.6 Å². The summed E-state index contributed by atoms with van der Waals surface area (Å²) in [4.78, 5) is 26.6. The average molecular weight is 445 g/mol. The van der Waals surface area contributed by atoms with E-state index >= 15 is 0 Å². The predicted molar refractivity (Wildman–Crippen MR) is 124 cm³/mol. The first-order chi connectivity index (χ1) is 16.2. The van der Waals surface area contributed by atoms with Gasteiger partial charge in [0.25, 0.3) is 5.91 Å². The van der Waals surface area contributed by atoms with E-state index in [9.17, 15) is 4.79 Å². The van der Waals surface area contributed by atoms with Crippen molar-refractivity contribution in [3.05, 3.63) is 90.0 Å². The molecular formula is C26H28N4O3. The second-order valence-electron chi connectivity index (χ2n) is 8.68. The molecule has 7 nitrogen and oxygen atoms in total. The largest absolute Gasteiger partial charge is 0.497 e. The van der Waals surface area contributed by atoms with Crippen LogP contribution in [0.5, 0.6) is 5.75 Å². The molecule has 170 valence electrons. The zero-order chi connectivity index (χ0) is 22.7. The van der Waals surface area contributed by atoms with E-state index in [2.05, 4.69) is 33.1 Å². The van der Waals surface area contributed by atoms with Crippen LogP contribution in [0.15, 0.2) is 73.3 Å². The summed E-state index contributed by atoms with van der Waals surface area (Å²) in [6.45, 7) is 3.68. The number of carbonyl (C=O) groups excluding carboxylic acids is 1. The molecular weight excluding hydrogens is 416 g/mol. The molecule has 2 saturated heterocycles. The van der Waals surface area contributed by atoms with Crippen molar-refractivity contribution < 1.29 is 14.3 Å². The van der Waals surface area contributed by atoms with Gasteiger partial charge in [0.1, 0.15) is 5.75 Å². The van der Waals surface area contributed by atoms with Crippen LogP contribution >= 0.6 is 0 Å². The lowest BCUT2D eigenvalue weighted by molar-refractivity contribution is -0.173. The number of amides is 1. The fraction of sp³-hybridized carbons (Fsp3) is 0.346. The van der Waals surface area contributed by atoms with Gasteiger partial charge in [0.2, 0.25) is 0 Å². The topological polar surface area (TPSA) is 67.8 Å². The van der Waals surface area contributed by atoms with Gasteiger partial charge in [-0.25, -0.2) is 0 Å². The molecule has 3 aromatic rings. The maximum atomic E-state index is 13.9. The van der Waals surface area contributed by atoms with Crippen molar-refractivity contribution in [1.29, 1.82) is 0 Å². The van der Waals surface area contributed by atoms with Gasteiger partial charge in [-0.1, -0.05) is 18.2 Å². The average Bonchev–Trinajstić information content (AvgIpc) is 3.22. The van der Waals surface area contributed by atoms with Crippen molar-refractivity contribution in [2.45, 2.75) is 24.6 Å². The number of ether oxygens (including phenoxy) is 2. The Morgan fingerprint density at radius 1 is 1.03 bits per heavy atom. The van der Waals surface area contributed by atoms with E-state index in [0.29, 0.717) is 26.2 Å². The van der Waals surface area contributed by atoms with Crippen LogP contribution in [0.1, 0.15) is 22.6 Å². The summed E-state index contributed by atoms with van der Waals surface area (Å²) in [7, 11) is 1.67. The summed E-state index contributed by atoms with van der Waals surface area (Å²) in [6.07, 6.45) is 7.16. The molecule has 2 aliphatic rings. The highest BCUT2D eigenvalue weighted by Crippen LogP contribution is 2.42. The molecule has 2 aromatic heterocycles. The van der Waals surface area contributed by atoms with E-state index in [1.165, 1.54) is 5.56 Å². The third kappa shape index (κ3) is 4.34.